The van der Waals surface area contributed by atoms with Gasteiger partial charge >= 0.3 is 0 Å². The second kappa shape index (κ2) is 5.23. The number of ether oxygens (including phenoxy) is 2. The van der Waals surface area contributed by atoms with Crippen molar-refractivity contribution in [1.29, 1.82) is 0 Å². The fourth-order valence-corrected chi connectivity index (χ4v) is 1.63. The summed E-state index contributed by atoms with van der Waals surface area (Å²) in [7, 11) is 0. The predicted octanol–water partition coefficient (Wildman–Crippen LogP) is -0.371. The van der Waals surface area contributed by atoms with Crippen LogP contribution in [0.15, 0.2) is 0 Å². The van der Waals surface area contributed by atoms with Crippen LogP contribution in [-0.4, -0.2) is 52.1 Å². The van der Waals surface area contributed by atoms with Crippen molar-refractivity contribution in [3.63, 3.8) is 0 Å². The molecule has 0 amide bonds. The zero-order valence-electron chi connectivity index (χ0n) is 9.33. The molecule has 5 heteroatoms. The van der Waals surface area contributed by atoms with Crippen molar-refractivity contribution in [3.8, 4) is 0 Å². The van der Waals surface area contributed by atoms with Crippen molar-refractivity contribution in [3.05, 3.63) is 0 Å². The predicted molar refractivity (Wildman–Crippen MR) is 53.2 cm³/mol. The molecule has 0 bridgehead atoms. The number of rotatable bonds is 3. The Morgan fingerprint density at radius 1 is 1.13 bits per heavy atom. The lowest BCUT2D eigenvalue weighted by Gasteiger charge is -2.40. The molecule has 1 saturated heterocycles. The van der Waals surface area contributed by atoms with Gasteiger partial charge in [-0.15, -0.1) is 0 Å². The molecule has 1 rings (SSSR count). The molecule has 1 aliphatic rings. The molecule has 0 aromatic heterocycles. The average molecular weight is 220 g/mol. The SMILES string of the molecule is CC[C@H]1O[C@H](OC(C)C)[C@@H](O)[C@@H](O)[C@@H]1O. The van der Waals surface area contributed by atoms with E-state index in [0.29, 0.717) is 6.42 Å². The Bertz CT molecular complexity index is 194. The topological polar surface area (TPSA) is 79.2 Å². The van der Waals surface area contributed by atoms with E-state index in [9.17, 15) is 15.3 Å². The fraction of sp³-hybridized carbons (Fsp3) is 1.00. The molecule has 5 nitrogen and oxygen atoms in total. The van der Waals surface area contributed by atoms with Crippen LogP contribution in [0.4, 0.5) is 0 Å². The van der Waals surface area contributed by atoms with Gasteiger partial charge in [-0.3, -0.25) is 0 Å². The zero-order valence-corrected chi connectivity index (χ0v) is 9.33. The summed E-state index contributed by atoms with van der Waals surface area (Å²) in [6.07, 6.45) is -4.39. The summed E-state index contributed by atoms with van der Waals surface area (Å²) < 4.78 is 10.7. The van der Waals surface area contributed by atoms with E-state index in [1.165, 1.54) is 0 Å². The fourth-order valence-electron chi connectivity index (χ4n) is 1.63. The molecule has 0 unspecified atom stereocenters. The summed E-state index contributed by atoms with van der Waals surface area (Å²) in [5.74, 6) is 0. The van der Waals surface area contributed by atoms with E-state index in [1.807, 2.05) is 20.8 Å². The Kier molecular flexibility index (Phi) is 4.48. The van der Waals surface area contributed by atoms with E-state index in [1.54, 1.807) is 0 Å². The van der Waals surface area contributed by atoms with E-state index in [-0.39, 0.29) is 6.10 Å². The van der Waals surface area contributed by atoms with E-state index in [4.69, 9.17) is 9.47 Å². The van der Waals surface area contributed by atoms with Gasteiger partial charge < -0.3 is 24.8 Å². The zero-order chi connectivity index (χ0) is 11.6. The standard InChI is InChI=1S/C10H20O5/c1-4-6-7(11)8(12)9(13)10(15-6)14-5(2)3/h5-13H,4H2,1-3H3/t6-,7-,8+,9+,10+/m1/s1. The second-order valence-corrected chi connectivity index (χ2v) is 4.11. The van der Waals surface area contributed by atoms with Crippen LogP contribution < -0.4 is 0 Å². The summed E-state index contributed by atoms with van der Waals surface area (Å²) in [6.45, 7) is 5.47. The minimum Gasteiger partial charge on any atom is -0.388 e. The van der Waals surface area contributed by atoms with Gasteiger partial charge in [0.2, 0.25) is 0 Å². The van der Waals surface area contributed by atoms with Crippen molar-refractivity contribution in [2.24, 2.45) is 0 Å². The van der Waals surface area contributed by atoms with Crippen LogP contribution >= 0.6 is 0 Å². The highest BCUT2D eigenvalue weighted by atomic mass is 16.7. The molecule has 0 aromatic rings. The normalized spacial score (nSPS) is 42.2. The summed E-state index contributed by atoms with van der Waals surface area (Å²) >= 11 is 0. The van der Waals surface area contributed by atoms with Crippen LogP contribution in [0, 0.1) is 0 Å². The van der Waals surface area contributed by atoms with Crippen LogP contribution in [-0.2, 0) is 9.47 Å². The van der Waals surface area contributed by atoms with Gasteiger partial charge in [0.1, 0.15) is 18.3 Å². The molecule has 5 atom stereocenters. The quantitative estimate of drug-likeness (QED) is 0.604. The molecule has 0 saturated carbocycles. The Morgan fingerprint density at radius 2 is 1.73 bits per heavy atom. The molecular weight excluding hydrogens is 200 g/mol. The third-order valence-corrected chi connectivity index (χ3v) is 2.48. The average Bonchev–Trinajstić information content (AvgIpc) is 2.18. The Morgan fingerprint density at radius 3 is 2.20 bits per heavy atom. The number of aliphatic hydroxyl groups excluding tert-OH is 3. The van der Waals surface area contributed by atoms with Gasteiger partial charge in [0.25, 0.3) is 0 Å². The van der Waals surface area contributed by atoms with Gasteiger partial charge in [-0.25, -0.2) is 0 Å². The van der Waals surface area contributed by atoms with E-state index in [0.717, 1.165) is 0 Å². The molecule has 1 fully saturated rings. The van der Waals surface area contributed by atoms with Crippen LogP contribution in [0.5, 0.6) is 0 Å². The van der Waals surface area contributed by atoms with Crippen molar-refractivity contribution in [1.82, 2.24) is 0 Å². The first-order valence-corrected chi connectivity index (χ1v) is 5.32. The molecule has 0 radical (unpaired) electrons. The highest BCUT2D eigenvalue weighted by Crippen LogP contribution is 2.24. The summed E-state index contributed by atoms with van der Waals surface area (Å²) in [4.78, 5) is 0. The van der Waals surface area contributed by atoms with Crippen LogP contribution in [0.3, 0.4) is 0 Å². The van der Waals surface area contributed by atoms with Gasteiger partial charge in [0.15, 0.2) is 6.29 Å². The maximum atomic E-state index is 9.61. The first-order valence-electron chi connectivity index (χ1n) is 5.32. The van der Waals surface area contributed by atoms with Gasteiger partial charge in [-0.2, -0.15) is 0 Å². The number of hydrogen-bond donors (Lipinski definition) is 3. The van der Waals surface area contributed by atoms with E-state index in [2.05, 4.69) is 0 Å². The molecule has 3 N–H and O–H groups in total. The largest absolute Gasteiger partial charge is 0.388 e. The molecular formula is C10H20O5. The molecule has 0 aliphatic carbocycles. The van der Waals surface area contributed by atoms with Crippen LogP contribution in [0.1, 0.15) is 27.2 Å². The first-order chi connectivity index (χ1) is 6.97. The van der Waals surface area contributed by atoms with Crippen molar-refractivity contribution in [2.45, 2.75) is 64.0 Å². The molecule has 90 valence electrons. The molecule has 15 heavy (non-hydrogen) atoms. The minimum atomic E-state index is -1.22. The van der Waals surface area contributed by atoms with Gasteiger partial charge in [-0.1, -0.05) is 6.92 Å². The lowest BCUT2D eigenvalue weighted by molar-refractivity contribution is -0.304. The first kappa shape index (κ1) is 12.9. The second-order valence-electron chi connectivity index (χ2n) is 4.11. The summed E-state index contributed by atoms with van der Waals surface area (Å²) in [5, 5.41) is 28.8. The van der Waals surface area contributed by atoms with Crippen molar-refractivity contribution in [2.75, 3.05) is 0 Å². The van der Waals surface area contributed by atoms with E-state index >= 15 is 0 Å². The summed E-state index contributed by atoms with van der Waals surface area (Å²) in [5.41, 5.74) is 0. The van der Waals surface area contributed by atoms with E-state index < -0.39 is 30.7 Å². The molecule has 0 aromatic carbocycles. The highest BCUT2D eigenvalue weighted by molar-refractivity contribution is 4.88. The maximum absolute atomic E-state index is 9.61. The van der Waals surface area contributed by atoms with Crippen LogP contribution in [0.25, 0.3) is 0 Å². The Balaban J connectivity index is 2.65. The lowest BCUT2D eigenvalue weighted by Crippen LogP contribution is -2.58. The van der Waals surface area contributed by atoms with Gasteiger partial charge in [0, 0.05) is 0 Å². The molecule has 1 aliphatic heterocycles. The molecule has 0 spiro atoms. The third-order valence-electron chi connectivity index (χ3n) is 2.48. The smallest absolute Gasteiger partial charge is 0.186 e. The monoisotopic (exact) mass is 220 g/mol. The Hall–Kier alpha value is -0.200. The number of aliphatic hydroxyl groups is 3. The lowest BCUT2D eigenvalue weighted by atomic mass is 9.97. The van der Waals surface area contributed by atoms with Gasteiger partial charge in [0.05, 0.1) is 12.2 Å². The highest BCUT2D eigenvalue weighted by Gasteiger charge is 2.43. The molecule has 1 heterocycles. The maximum Gasteiger partial charge on any atom is 0.186 e. The van der Waals surface area contributed by atoms with Crippen molar-refractivity contribution >= 4 is 0 Å². The summed E-state index contributed by atoms with van der Waals surface area (Å²) in [6, 6.07) is 0. The Labute approximate surface area is 89.6 Å². The van der Waals surface area contributed by atoms with Crippen molar-refractivity contribution < 1.29 is 24.8 Å². The minimum absolute atomic E-state index is 0.107. The van der Waals surface area contributed by atoms with Gasteiger partial charge in [-0.05, 0) is 20.3 Å². The third kappa shape index (κ3) is 2.89. The van der Waals surface area contributed by atoms with Crippen LogP contribution in [0.2, 0.25) is 0 Å². The number of hydrogen-bond acceptors (Lipinski definition) is 5.